The molecule has 4 rings (SSSR count). The monoisotopic (exact) mass is 330 g/mol. The molecule has 1 N–H and O–H groups in total. The number of fused-ring (bicyclic) bond motifs is 1. The molecule has 2 heterocycles. The molecule has 1 aliphatic carbocycles. The number of aromatic amines is 1. The van der Waals surface area contributed by atoms with Gasteiger partial charge in [0, 0.05) is 17.4 Å². The minimum atomic E-state index is 0.572. The van der Waals surface area contributed by atoms with Crippen LogP contribution in [0.3, 0.4) is 0 Å². The Hall–Kier alpha value is -2.80. The van der Waals surface area contributed by atoms with E-state index >= 15 is 0 Å². The molecule has 0 bridgehead atoms. The van der Waals surface area contributed by atoms with Gasteiger partial charge in [0.1, 0.15) is 11.9 Å². The molecular weight excluding hydrogens is 308 g/mol. The molecule has 1 aliphatic rings. The van der Waals surface area contributed by atoms with E-state index in [0.29, 0.717) is 17.4 Å². The van der Waals surface area contributed by atoms with Gasteiger partial charge in [-0.05, 0) is 56.5 Å². The second-order valence-corrected chi connectivity index (χ2v) is 6.91. The molecule has 0 spiro atoms. The number of aryl methyl sites for hydroxylation is 1. The zero-order valence-electron chi connectivity index (χ0n) is 14.7. The second kappa shape index (κ2) is 6.25. The largest absolute Gasteiger partial charge is 0.346 e. The van der Waals surface area contributed by atoms with E-state index in [4.69, 9.17) is 0 Å². The summed E-state index contributed by atoms with van der Waals surface area (Å²) in [6.45, 7) is 4.32. The quantitative estimate of drug-likeness (QED) is 0.674. The van der Waals surface area contributed by atoms with Crippen LogP contribution in [0.15, 0.2) is 30.3 Å². The Kier molecular flexibility index (Phi) is 3.93. The number of nitrogens with one attached hydrogen (secondary N) is 1. The standard InChI is InChI=1S/C21H22N4/c1-14-11-16(15(2)25(14)18-7-3-4-8-18)12-17(13-22)21-23-19-9-5-6-10-20(19)24-21/h5-6,9-12,18H,3-4,7-8H2,1-2H3,(H,23,24)/b17-12-. The van der Waals surface area contributed by atoms with Crippen LogP contribution in [0.4, 0.5) is 0 Å². The average molecular weight is 330 g/mol. The van der Waals surface area contributed by atoms with Gasteiger partial charge in [-0.2, -0.15) is 5.26 Å². The molecule has 4 nitrogen and oxygen atoms in total. The number of H-pyrrole nitrogens is 1. The van der Waals surface area contributed by atoms with E-state index in [1.54, 1.807) is 0 Å². The molecule has 1 saturated carbocycles. The van der Waals surface area contributed by atoms with E-state index in [-0.39, 0.29) is 0 Å². The Labute approximate surface area is 147 Å². The number of allylic oxidation sites excluding steroid dienone is 1. The van der Waals surface area contributed by atoms with Gasteiger partial charge in [0.15, 0.2) is 0 Å². The van der Waals surface area contributed by atoms with Crippen molar-refractivity contribution in [2.45, 2.75) is 45.6 Å². The van der Waals surface area contributed by atoms with E-state index in [9.17, 15) is 5.26 Å². The van der Waals surface area contributed by atoms with Crippen molar-refractivity contribution in [3.05, 3.63) is 53.1 Å². The number of rotatable bonds is 3. The zero-order valence-corrected chi connectivity index (χ0v) is 14.7. The topological polar surface area (TPSA) is 57.4 Å². The predicted octanol–water partition coefficient (Wildman–Crippen LogP) is 5.16. The summed E-state index contributed by atoms with van der Waals surface area (Å²) in [7, 11) is 0. The van der Waals surface area contributed by atoms with Crippen LogP contribution in [0.1, 0.15) is 54.5 Å². The molecule has 126 valence electrons. The molecule has 2 aromatic heterocycles. The van der Waals surface area contributed by atoms with E-state index in [1.165, 1.54) is 37.1 Å². The van der Waals surface area contributed by atoms with Gasteiger partial charge < -0.3 is 9.55 Å². The summed E-state index contributed by atoms with van der Waals surface area (Å²) in [5, 5.41) is 9.66. The summed E-state index contributed by atoms with van der Waals surface area (Å²) in [6.07, 6.45) is 7.11. The Morgan fingerprint density at radius 3 is 2.76 bits per heavy atom. The Bertz CT molecular complexity index is 958. The van der Waals surface area contributed by atoms with Crippen LogP contribution in [-0.4, -0.2) is 14.5 Å². The summed E-state index contributed by atoms with van der Waals surface area (Å²) in [5.41, 5.74) is 6.04. The third-order valence-electron chi connectivity index (χ3n) is 5.28. The molecule has 3 aromatic rings. The van der Waals surface area contributed by atoms with E-state index < -0.39 is 0 Å². The molecule has 1 fully saturated rings. The fourth-order valence-electron chi connectivity index (χ4n) is 4.06. The van der Waals surface area contributed by atoms with Crippen molar-refractivity contribution in [1.29, 1.82) is 5.26 Å². The van der Waals surface area contributed by atoms with Crippen LogP contribution in [-0.2, 0) is 0 Å². The van der Waals surface area contributed by atoms with Gasteiger partial charge in [0.2, 0.25) is 0 Å². The van der Waals surface area contributed by atoms with Crippen molar-refractivity contribution >= 4 is 22.7 Å². The first-order valence-corrected chi connectivity index (χ1v) is 8.92. The third-order valence-corrected chi connectivity index (χ3v) is 5.28. The number of nitrogens with zero attached hydrogens (tertiary/aromatic N) is 3. The van der Waals surface area contributed by atoms with E-state index in [1.807, 2.05) is 30.3 Å². The van der Waals surface area contributed by atoms with Crippen LogP contribution in [0.5, 0.6) is 0 Å². The van der Waals surface area contributed by atoms with Crippen LogP contribution in [0.25, 0.3) is 22.7 Å². The number of benzene rings is 1. The molecule has 0 amide bonds. The maximum absolute atomic E-state index is 9.66. The highest BCUT2D eigenvalue weighted by atomic mass is 15.0. The number of hydrogen-bond acceptors (Lipinski definition) is 2. The number of nitriles is 1. The number of hydrogen-bond donors (Lipinski definition) is 1. The van der Waals surface area contributed by atoms with Crippen molar-refractivity contribution in [1.82, 2.24) is 14.5 Å². The van der Waals surface area contributed by atoms with Crippen LogP contribution < -0.4 is 0 Å². The smallest absolute Gasteiger partial charge is 0.149 e. The van der Waals surface area contributed by atoms with Crippen molar-refractivity contribution in [3.63, 3.8) is 0 Å². The lowest BCUT2D eigenvalue weighted by Crippen LogP contribution is -2.08. The third kappa shape index (κ3) is 2.76. The molecule has 0 atom stereocenters. The van der Waals surface area contributed by atoms with Gasteiger partial charge in [-0.1, -0.05) is 25.0 Å². The molecule has 4 heteroatoms. The highest BCUT2D eigenvalue weighted by molar-refractivity contribution is 5.90. The SMILES string of the molecule is Cc1cc(/C=C(/C#N)c2nc3ccccc3[nH]2)c(C)n1C1CCCC1. The van der Waals surface area contributed by atoms with Crippen LogP contribution in [0.2, 0.25) is 0 Å². The van der Waals surface area contributed by atoms with Gasteiger partial charge in [0.25, 0.3) is 0 Å². The molecule has 1 aromatic carbocycles. The summed E-state index contributed by atoms with van der Waals surface area (Å²) < 4.78 is 2.45. The molecule has 0 aliphatic heterocycles. The maximum Gasteiger partial charge on any atom is 0.149 e. The molecular formula is C21H22N4. The lowest BCUT2D eigenvalue weighted by Gasteiger charge is -2.17. The number of aromatic nitrogens is 3. The fourth-order valence-corrected chi connectivity index (χ4v) is 4.06. The molecule has 0 unspecified atom stereocenters. The lowest BCUT2D eigenvalue weighted by atomic mass is 10.1. The first-order valence-electron chi connectivity index (χ1n) is 8.92. The molecule has 0 saturated heterocycles. The highest BCUT2D eigenvalue weighted by Crippen LogP contribution is 2.34. The Morgan fingerprint density at radius 1 is 1.28 bits per heavy atom. The van der Waals surface area contributed by atoms with Crippen molar-refractivity contribution in [2.75, 3.05) is 0 Å². The van der Waals surface area contributed by atoms with Crippen molar-refractivity contribution in [2.24, 2.45) is 0 Å². The van der Waals surface area contributed by atoms with Crippen LogP contribution in [0, 0.1) is 25.2 Å². The normalized spacial score (nSPS) is 15.8. The van der Waals surface area contributed by atoms with E-state index in [0.717, 1.165) is 16.6 Å². The van der Waals surface area contributed by atoms with Gasteiger partial charge in [-0.3, -0.25) is 0 Å². The summed E-state index contributed by atoms with van der Waals surface area (Å²) in [5.74, 6) is 0.634. The summed E-state index contributed by atoms with van der Waals surface area (Å²) in [4.78, 5) is 7.82. The van der Waals surface area contributed by atoms with Gasteiger partial charge in [-0.25, -0.2) is 4.98 Å². The van der Waals surface area contributed by atoms with Gasteiger partial charge >= 0.3 is 0 Å². The highest BCUT2D eigenvalue weighted by Gasteiger charge is 2.21. The van der Waals surface area contributed by atoms with Crippen molar-refractivity contribution in [3.8, 4) is 6.07 Å². The predicted molar refractivity (Wildman–Crippen MR) is 101 cm³/mol. The maximum atomic E-state index is 9.66. The zero-order chi connectivity index (χ0) is 17.4. The number of para-hydroxylation sites is 2. The minimum Gasteiger partial charge on any atom is -0.346 e. The van der Waals surface area contributed by atoms with Gasteiger partial charge in [-0.15, -0.1) is 0 Å². The molecule has 25 heavy (non-hydrogen) atoms. The molecule has 0 radical (unpaired) electrons. The second-order valence-electron chi connectivity index (χ2n) is 6.91. The Balaban J connectivity index is 1.75. The van der Waals surface area contributed by atoms with Crippen molar-refractivity contribution < 1.29 is 0 Å². The lowest BCUT2D eigenvalue weighted by molar-refractivity contribution is 0.500. The Morgan fingerprint density at radius 2 is 2.04 bits per heavy atom. The minimum absolute atomic E-state index is 0.572. The number of imidazole rings is 1. The van der Waals surface area contributed by atoms with Gasteiger partial charge in [0.05, 0.1) is 16.6 Å². The fraction of sp³-hybridized carbons (Fsp3) is 0.333. The van der Waals surface area contributed by atoms with Crippen LogP contribution >= 0.6 is 0 Å². The average Bonchev–Trinajstić information content (AvgIpc) is 3.32. The summed E-state index contributed by atoms with van der Waals surface area (Å²) >= 11 is 0. The first kappa shape index (κ1) is 15.7. The van der Waals surface area contributed by atoms with E-state index in [2.05, 4.69) is 40.5 Å². The summed E-state index contributed by atoms with van der Waals surface area (Å²) in [6, 6.07) is 13.0. The first-order chi connectivity index (χ1) is 12.2.